The van der Waals surface area contributed by atoms with E-state index in [1.807, 2.05) is 30.3 Å². The van der Waals surface area contributed by atoms with Crippen LogP contribution in [0.4, 0.5) is 0 Å². The fourth-order valence-electron chi connectivity index (χ4n) is 1.34. The van der Waals surface area contributed by atoms with Crippen molar-refractivity contribution in [2.24, 2.45) is 0 Å². The molecule has 16 heavy (non-hydrogen) atoms. The van der Waals surface area contributed by atoms with Crippen LogP contribution < -0.4 is 0 Å². The Morgan fingerprint density at radius 3 is 2.25 bits per heavy atom. The topological polar surface area (TPSA) is 0 Å². The summed E-state index contributed by atoms with van der Waals surface area (Å²) in [5, 5.41) is -0.242. The minimum atomic E-state index is -0.242. The molecule has 0 bridgehead atoms. The van der Waals surface area contributed by atoms with Crippen LogP contribution in [0.25, 0.3) is 0 Å². The van der Waals surface area contributed by atoms with Crippen molar-refractivity contribution >= 4 is 68.7 Å². The van der Waals surface area contributed by atoms with Gasteiger partial charge in [-0.15, -0.1) is 22.9 Å². The fourth-order valence-corrected chi connectivity index (χ4v) is 3.67. The van der Waals surface area contributed by atoms with Gasteiger partial charge in [0, 0.05) is 9.13 Å². The first-order valence-corrected chi connectivity index (χ1v) is 7.51. The Morgan fingerprint density at radius 1 is 1.12 bits per heavy atom. The Kier molecular flexibility index (Phi) is 4.41. The van der Waals surface area contributed by atoms with Gasteiger partial charge in [-0.05, 0) is 46.4 Å². The molecule has 1 aromatic carbocycles. The maximum atomic E-state index is 6.36. The molecular formula is C11H6Cl3IS. The zero-order chi connectivity index (χ0) is 11.7. The Hall–Kier alpha value is 0.520. The minimum Gasteiger partial charge on any atom is -0.113 e. The van der Waals surface area contributed by atoms with E-state index < -0.39 is 0 Å². The summed E-state index contributed by atoms with van der Waals surface area (Å²) >= 11 is 21.9. The van der Waals surface area contributed by atoms with Crippen LogP contribution in [0.3, 0.4) is 0 Å². The van der Waals surface area contributed by atoms with Crippen molar-refractivity contribution < 1.29 is 0 Å². The van der Waals surface area contributed by atoms with E-state index in [1.54, 1.807) is 0 Å². The Labute approximate surface area is 127 Å². The van der Waals surface area contributed by atoms with Crippen LogP contribution in [0, 0.1) is 3.57 Å². The number of hydrogen-bond donors (Lipinski definition) is 0. The van der Waals surface area contributed by atoms with Gasteiger partial charge < -0.3 is 0 Å². The van der Waals surface area contributed by atoms with Crippen molar-refractivity contribution in [3.05, 3.63) is 53.7 Å². The van der Waals surface area contributed by atoms with Gasteiger partial charge in [-0.25, -0.2) is 0 Å². The zero-order valence-corrected chi connectivity index (χ0v) is 13.1. The number of benzene rings is 1. The minimum absolute atomic E-state index is 0.242. The molecule has 2 rings (SSSR count). The molecule has 0 aliphatic rings. The molecule has 0 aliphatic carbocycles. The third kappa shape index (κ3) is 2.85. The van der Waals surface area contributed by atoms with E-state index in [-0.39, 0.29) is 5.38 Å². The number of halogens is 4. The third-order valence-electron chi connectivity index (χ3n) is 2.12. The second-order valence-corrected chi connectivity index (χ2v) is 7.16. The second-order valence-electron chi connectivity index (χ2n) is 3.19. The molecule has 2 aromatic rings. The van der Waals surface area contributed by atoms with Gasteiger partial charge in [0.15, 0.2) is 0 Å². The van der Waals surface area contributed by atoms with Crippen LogP contribution in [0.15, 0.2) is 30.3 Å². The van der Waals surface area contributed by atoms with Crippen molar-refractivity contribution in [2.45, 2.75) is 5.38 Å². The first-order chi connectivity index (χ1) is 7.58. The standard InChI is InChI=1S/C11H6Cl3IS/c12-9-5-8(11(14)16-9)10(13)6-1-3-7(15)4-2-6/h1-5,10H. The summed E-state index contributed by atoms with van der Waals surface area (Å²) in [5.41, 5.74) is 1.90. The SMILES string of the molecule is Clc1cc(C(Cl)c2ccc(I)cc2)c(Cl)s1. The molecule has 0 nitrogen and oxygen atoms in total. The molecule has 1 heterocycles. The molecule has 5 heteroatoms. The van der Waals surface area contributed by atoms with E-state index in [0.29, 0.717) is 8.67 Å². The Morgan fingerprint density at radius 2 is 1.75 bits per heavy atom. The summed E-state index contributed by atoms with van der Waals surface area (Å²) in [7, 11) is 0. The van der Waals surface area contributed by atoms with Gasteiger partial charge in [0.25, 0.3) is 0 Å². The average Bonchev–Trinajstić information content (AvgIpc) is 2.58. The maximum Gasteiger partial charge on any atom is 0.0994 e. The van der Waals surface area contributed by atoms with E-state index in [4.69, 9.17) is 34.8 Å². The summed E-state index contributed by atoms with van der Waals surface area (Å²) in [6.07, 6.45) is 0. The highest BCUT2D eigenvalue weighted by Gasteiger charge is 2.16. The molecule has 0 fully saturated rings. The third-order valence-corrected chi connectivity index (χ3v) is 4.84. The lowest BCUT2D eigenvalue weighted by atomic mass is 10.1. The van der Waals surface area contributed by atoms with Crippen molar-refractivity contribution in [2.75, 3.05) is 0 Å². The van der Waals surface area contributed by atoms with Gasteiger partial charge in [0.05, 0.1) is 14.0 Å². The van der Waals surface area contributed by atoms with Crippen LogP contribution >= 0.6 is 68.7 Å². The number of rotatable bonds is 2. The molecule has 1 unspecified atom stereocenters. The molecule has 0 saturated carbocycles. The lowest BCUT2D eigenvalue weighted by molar-refractivity contribution is 1.15. The second kappa shape index (κ2) is 5.44. The summed E-state index contributed by atoms with van der Waals surface area (Å²) in [6.45, 7) is 0. The molecule has 0 radical (unpaired) electrons. The zero-order valence-electron chi connectivity index (χ0n) is 7.88. The van der Waals surface area contributed by atoms with Crippen LogP contribution in [-0.4, -0.2) is 0 Å². The smallest absolute Gasteiger partial charge is 0.0994 e. The lowest BCUT2D eigenvalue weighted by Gasteiger charge is -2.08. The molecule has 1 atom stereocenters. The van der Waals surface area contributed by atoms with Gasteiger partial charge in [0.1, 0.15) is 0 Å². The summed E-state index contributed by atoms with van der Waals surface area (Å²) < 4.78 is 2.50. The van der Waals surface area contributed by atoms with Gasteiger partial charge in [-0.2, -0.15) is 0 Å². The first kappa shape index (κ1) is 13.0. The predicted octanol–water partition coefficient (Wildman–Crippen LogP) is 5.99. The van der Waals surface area contributed by atoms with Crippen LogP contribution in [0.2, 0.25) is 8.67 Å². The highest BCUT2D eigenvalue weighted by atomic mass is 127. The van der Waals surface area contributed by atoms with E-state index in [0.717, 1.165) is 11.1 Å². The van der Waals surface area contributed by atoms with Crippen molar-refractivity contribution in [3.63, 3.8) is 0 Å². The molecule has 0 amide bonds. The highest BCUT2D eigenvalue weighted by molar-refractivity contribution is 14.1. The highest BCUT2D eigenvalue weighted by Crippen LogP contribution is 2.40. The lowest BCUT2D eigenvalue weighted by Crippen LogP contribution is -1.91. The van der Waals surface area contributed by atoms with Crippen LogP contribution in [-0.2, 0) is 0 Å². The van der Waals surface area contributed by atoms with Gasteiger partial charge in [-0.1, -0.05) is 35.3 Å². The predicted molar refractivity (Wildman–Crippen MR) is 81.2 cm³/mol. The number of thiophene rings is 1. The van der Waals surface area contributed by atoms with E-state index in [2.05, 4.69) is 22.6 Å². The van der Waals surface area contributed by atoms with E-state index in [9.17, 15) is 0 Å². The molecule has 0 saturated heterocycles. The number of hydrogen-bond acceptors (Lipinski definition) is 1. The maximum absolute atomic E-state index is 6.36. The molecule has 0 spiro atoms. The largest absolute Gasteiger partial charge is 0.113 e. The van der Waals surface area contributed by atoms with E-state index in [1.165, 1.54) is 14.9 Å². The van der Waals surface area contributed by atoms with Crippen LogP contribution in [0.5, 0.6) is 0 Å². The Bertz CT molecular complexity index is 492. The van der Waals surface area contributed by atoms with Crippen molar-refractivity contribution in [3.8, 4) is 0 Å². The fraction of sp³-hybridized carbons (Fsp3) is 0.0909. The van der Waals surface area contributed by atoms with Crippen molar-refractivity contribution in [1.82, 2.24) is 0 Å². The summed E-state index contributed by atoms with van der Waals surface area (Å²) in [5.74, 6) is 0. The summed E-state index contributed by atoms with van der Waals surface area (Å²) in [4.78, 5) is 0. The van der Waals surface area contributed by atoms with Gasteiger partial charge >= 0.3 is 0 Å². The summed E-state index contributed by atoms with van der Waals surface area (Å²) in [6, 6.07) is 9.87. The Balaban J connectivity index is 2.35. The molecule has 0 aliphatic heterocycles. The van der Waals surface area contributed by atoms with Gasteiger partial charge in [0.2, 0.25) is 0 Å². The number of alkyl halides is 1. The van der Waals surface area contributed by atoms with Crippen LogP contribution in [0.1, 0.15) is 16.5 Å². The quantitative estimate of drug-likeness (QED) is 0.427. The monoisotopic (exact) mass is 402 g/mol. The molecule has 0 N–H and O–H groups in total. The van der Waals surface area contributed by atoms with Crippen molar-refractivity contribution in [1.29, 1.82) is 0 Å². The van der Waals surface area contributed by atoms with E-state index >= 15 is 0 Å². The normalized spacial score (nSPS) is 12.8. The first-order valence-electron chi connectivity index (χ1n) is 4.42. The van der Waals surface area contributed by atoms with Gasteiger partial charge in [-0.3, -0.25) is 0 Å². The molecule has 84 valence electrons. The molecular weight excluding hydrogens is 397 g/mol. The molecule has 1 aromatic heterocycles. The average molecular weight is 403 g/mol.